The number of halogens is 1. The van der Waals surface area contributed by atoms with Gasteiger partial charge in [0.15, 0.2) is 18.1 Å². The van der Waals surface area contributed by atoms with Crippen LogP contribution in [0, 0.1) is 0 Å². The first-order valence-electron chi connectivity index (χ1n) is 9.03. The van der Waals surface area contributed by atoms with Crippen molar-refractivity contribution < 1.29 is 37.3 Å². The molecule has 0 bridgehead atoms. The number of hydrogen-bond acceptors (Lipinski definition) is 8. The van der Waals surface area contributed by atoms with Gasteiger partial charge < -0.3 is 24.6 Å². The summed E-state index contributed by atoms with van der Waals surface area (Å²) in [6.45, 7) is -0.699. The van der Waals surface area contributed by atoms with E-state index in [2.05, 4.69) is 26.0 Å². The number of amides is 1. The number of anilines is 1. The molecule has 0 aromatic heterocycles. The summed E-state index contributed by atoms with van der Waals surface area (Å²) in [5.41, 5.74) is 0.403. The van der Waals surface area contributed by atoms with Crippen molar-refractivity contribution in [2.24, 2.45) is 0 Å². The third-order valence-electron chi connectivity index (χ3n) is 4.06. The van der Waals surface area contributed by atoms with Crippen molar-refractivity contribution in [3.05, 3.63) is 46.9 Å². The third-order valence-corrected chi connectivity index (χ3v) is 6.08. The first kappa shape index (κ1) is 23.0. The number of carbonyl (C=O) groups excluding carboxylic acids is 2. The zero-order chi connectivity index (χ0) is 22.4. The molecule has 2 aromatic rings. The molecule has 31 heavy (non-hydrogen) atoms. The second-order valence-corrected chi connectivity index (χ2v) is 8.95. The number of hydrogen-bond donors (Lipinski definition) is 3. The van der Waals surface area contributed by atoms with Crippen LogP contribution in [0.3, 0.4) is 0 Å². The lowest BCUT2D eigenvalue weighted by atomic mass is 10.2. The smallest absolute Gasteiger partial charge is 0.327 e. The molecule has 10 nitrogen and oxygen atoms in total. The molecule has 166 valence electrons. The van der Waals surface area contributed by atoms with E-state index in [-0.39, 0.29) is 4.90 Å². The van der Waals surface area contributed by atoms with Crippen molar-refractivity contribution in [2.45, 2.75) is 10.9 Å². The summed E-state index contributed by atoms with van der Waals surface area (Å²) in [4.78, 5) is 24.1. The van der Waals surface area contributed by atoms with Gasteiger partial charge >= 0.3 is 5.97 Å². The number of aliphatic hydroxyl groups is 1. The van der Waals surface area contributed by atoms with Gasteiger partial charge in [-0.05, 0) is 36.4 Å². The molecule has 1 amide bonds. The Balaban J connectivity index is 1.54. The number of sulfonamides is 1. The van der Waals surface area contributed by atoms with Crippen LogP contribution in [0.1, 0.15) is 0 Å². The Morgan fingerprint density at radius 3 is 2.45 bits per heavy atom. The Morgan fingerprint density at radius 2 is 1.77 bits per heavy atom. The second kappa shape index (κ2) is 10.1. The van der Waals surface area contributed by atoms with Gasteiger partial charge in [-0.1, -0.05) is 15.9 Å². The van der Waals surface area contributed by atoms with Gasteiger partial charge in [0.05, 0.1) is 11.5 Å². The highest BCUT2D eigenvalue weighted by Gasteiger charge is 2.27. The van der Waals surface area contributed by atoms with Crippen LogP contribution in [-0.2, 0) is 24.3 Å². The van der Waals surface area contributed by atoms with Crippen molar-refractivity contribution in [2.75, 3.05) is 31.7 Å². The summed E-state index contributed by atoms with van der Waals surface area (Å²) < 4.78 is 43.1. The first-order valence-corrected chi connectivity index (χ1v) is 11.3. The van der Waals surface area contributed by atoms with Crippen LogP contribution >= 0.6 is 15.9 Å². The SMILES string of the molecule is O=C(COC(=O)[C@H](CO)NS(=O)(=O)c1ccc(Br)cc1)Nc1ccc2c(c1)OCCO2. The van der Waals surface area contributed by atoms with Crippen molar-refractivity contribution >= 4 is 43.5 Å². The lowest BCUT2D eigenvalue weighted by Gasteiger charge is -2.19. The van der Waals surface area contributed by atoms with Gasteiger partial charge in [-0.25, -0.2) is 8.42 Å². The molecule has 0 saturated heterocycles. The minimum atomic E-state index is -4.09. The standard InChI is InChI=1S/C19H19BrN2O8S/c20-12-1-4-14(5-2-12)31(26,27)22-15(10-23)19(25)30-11-18(24)21-13-3-6-16-17(9-13)29-8-7-28-16/h1-6,9,15,22-23H,7-8,10-11H2,(H,21,24)/t15-/m0/s1. The topological polar surface area (TPSA) is 140 Å². The molecule has 0 spiro atoms. The van der Waals surface area contributed by atoms with E-state index < -0.39 is 41.2 Å². The molecule has 0 unspecified atom stereocenters. The van der Waals surface area contributed by atoms with Crippen LogP contribution < -0.4 is 19.5 Å². The number of esters is 1. The molecule has 1 atom stereocenters. The molecule has 0 radical (unpaired) electrons. The summed E-state index contributed by atoms with van der Waals surface area (Å²) in [5, 5.41) is 11.9. The summed E-state index contributed by atoms with van der Waals surface area (Å²) >= 11 is 3.20. The molecule has 1 aliphatic rings. The van der Waals surface area contributed by atoms with Crippen LogP contribution in [-0.4, -0.2) is 57.9 Å². The van der Waals surface area contributed by atoms with Gasteiger partial charge in [0.25, 0.3) is 5.91 Å². The molecule has 3 rings (SSSR count). The average Bonchev–Trinajstić information content (AvgIpc) is 2.76. The predicted molar refractivity (Wildman–Crippen MR) is 112 cm³/mol. The van der Waals surface area contributed by atoms with Gasteiger partial charge in [-0.2, -0.15) is 4.72 Å². The molecule has 2 aromatic carbocycles. The fourth-order valence-corrected chi connectivity index (χ4v) is 4.02. The predicted octanol–water partition coefficient (Wildman–Crippen LogP) is 1.04. The lowest BCUT2D eigenvalue weighted by molar-refractivity contribution is -0.149. The van der Waals surface area contributed by atoms with E-state index in [4.69, 9.17) is 14.2 Å². The molecule has 0 saturated carbocycles. The number of nitrogens with one attached hydrogen (secondary N) is 2. The number of carbonyl (C=O) groups is 2. The molecule has 1 aliphatic heterocycles. The number of rotatable bonds is 8. The maximum Gasteiger partial charge on any atom is 0.327 e. The van der Waals surface area contributed by atoms with E-state index in [1.807, 2.05) is 0 Å². The van der Waals surface area contributed by atoms with Crippen LogP contribution in [0.15, 0.2) is 51.8 Å². The molecule has 0 aliphatic carbocycles. The van der Waals surface area contributed by atoms with Crippen molar-refractivity contribution in [1.29, 1.82) is 0 Å². The summed E-state index contributed by atoms with van der Waals surface area (Å²) in [7, 11) is -4.09. The number of aliphatic hydroxyl groups excluding tert-OH is 1. The minimum absolute atomic E-state index is 0.0988. The summed E-state index contributed by atoms with van der Waals surface area (Å²) in [6.07, 6.45) is 0. The lowest BCUT2D eigenvalue weighted by Crippen LogP contribution is -2.44. The zero-order valence-corrected chi connectivity index (χ0v) is 18.4. The largest absolute Gasteiger partial charge is 0.486 e. The van der Waals surface area contributed by atoms with Crippen molar-refractivity contribution in [3.63, 3.8) is 0 Å². The Bertz CT molecular complexity index is 1060. The maximum atomic E-state index is 12.4. The van der Waals surface area contributed by atoms with Gasteiger partial charge in [0, 0.05) is 16.2 Å². The fraction of sp³-hybridized carbons (Fsp3) is 0.263. The van der Waals surface area contributed by atoms with E-state index >= 15 is 0 Å². The molecule has 3 N–H and O–H groups in total. The first-order chi connectivity index (χ1) is 14.8. The molecule has 12 heteroatoms. The highest BCUT2D eigenvalue weighted by Crippen LogP contribution is 2.32. The van der Waals surface area contributed by atoms with Gasteiger partial charge in [-0.15, -0.1) is 0 Å². The molecular weight excluding hydrogens is 496 g/mol. The molecule has 1 heterocycles. The van der Waals surface area contributed by atoms with E-state index in [9.17, 15) is 23.1 Å². The van der Waals surface area contributed by atoms with E-state index in [0.717, 1.165) is 0 Å². The Labute approximate surface area is 186 Å². The van der Waals surface area contributed by atoms with E-state index in [1.165, 1.54) is 24.3 Å². The number of fused-ring (bicyclic) bond motifs is 1. The normalized spacial score (nSPS) is 13.9. The summed E-state index contributed by atoms with van der Waals surface area (Å²) in [6, 6.07) is 8.91. The monoisotopic (exact) mass is 514 g/mol. The minimum Gasteiger partial charge on any atom is -0.486 e. The molecular formula is C19H19BrN2O8S. The zero-order valence-electron chi connectivity index (χ0n) is 16.0. The quantitative estimate of drug-likeness (QED) is 0.444. The second-order valence-electron chi connectivity index (χ2n) is 6.32. The maximum absolute atomic E-state index is 12.4. The molecule has 0 fully saturated rings. The van der Waals surface area contributed by atoms with E-state index in [0.29, 0.717) is 34.9 Å². The number of benzene rings is 2. The fourth-order valence-electron chi connectivity index (χ4n) is 2.58. The Morgan fingerprint density at radius 1 is 1.10 bits per heavy atom. The Kier molecular flexibility index (Phi) is 7.49. The summed E-state index contributed by atoms with van der Waals surface area (Å²) in [5.74, 6) is -0.721. The van der Waals surface area contributed by atoms with Crippen LogP contribution in [0.2, 0.25) is 0 Å². The van der Waals surface area contributed by atoms with Crippen LogP contribution in [0.4, 0.5) is 5.69 Å². The van der Waals surface area contributed by atoms with Gasteiger partial charge in [-0.3, -0.25) is 9.59 Å². The highest BCUT2D eigenvalue weighted by atomic mass is 79.9. The van der Waals surface area contributed by atoms with E-state index in [1.54, 1.807) is 18.2 Å². The van der Waals surface area contributed by atoms with Crippen molar-refractivity contribution in [3.8, 4) is 11.5 Å². The van der Waals surface area contributed by atoms with Crippen LogP contribution in [0.25, 0.3) is 0 Å². The van der Waals surface area contributed by atoms with Gasteiger partial charge in [0.2, 0.25) is 10.0 Å². The van der Waals surface area contributed by atoms with Gasteiger partial charge in [0.1, 0.15) is 19.3 Å². The third kappa shape index (κ3) is 6.17. The Hall–Kier alpha value is -2.67. The number of ether oxygens (including phenoxy) is 3. The van der Waals surface area contributed by atoms with Crippen LogP contribution in [0.5, 0.6) is 11.5 Å². The van der Waals surface area contributed by atoms with Crippen molar-refractivity contribution in [1.82, 2.24) is 4.72 Å². The highest BCUT2D eigenvalue weighted by molar-refractivity contribution is 9.10. The average molecular weight is 515 g/mol.